The van der Waals surface area contributed by atoms with Crippen LogP contribution < -0.4 is 0 Å². The Hall–Kier alpha value is -2.07. The average Bonchev–Trinajstić information content (AvgIpc) is 2.81. The van der Waals surface area contributed by atoms with E-state index in [0.717, 1.165) is 6.92 Å². The summed E-state index contributed by atoms with van der Waals surface area (Å²) in [4.78, 5) is 11.8. The second-order valence-electron chi connectivity index (χ2n) is 8.65. The van der Waals surface area contributed by atoms with Gasteiger partial charge in [-0.2, -0.15) is 0 Å². The summed E-state index contributed by atoms with van der Waals surface area (Å²) in [6.45, 7) is 0.428. The molecule has 1 saturated carbocycles. The molecule has 13 heteroatoms. The Labute approximate surface area is 200 Å². The number of aliphatic hydroxyl groups excluding tert-OH is 6. The summed E-state index contributed by atoms with van der Waals surface area (Å²) in [6, 6.07) is 4.21. The van der Waals surface area contributed by atoms with Gasteiger partial charge in [0.2, 0.25) is 0 Å². The minimum atomic E-state index is -1.73. The zero-order chi connectivity index (χ0) is 25.9. The summed E-state index contributed by atoms with van der Waals surface area (Å²) in [5.41, 5.74) is 0.610. The third-order valence-electron chi connectivity index (χ3n) is 6.09. The molecular weight excluding hydrogens is 472 g/mol. The smallest absolute Gasteiger partial charge is 0.303 e. The van der Waals surface area contributed by atoms with Crippen LogP contribution in [0, 0.1) is 0 Å². The van der Waals surface area contributed by atoms with E-state index in [1.54, 1.807) is 6.07 Å². The normalized spacial score (nSPS) is 37.7. The molecule has 0 bridgehead atoms. The van der Waals surface area contributed by atoms with Crippen LogP contribution in [-0.2, 0) is 30.2 Å². The molecule has 3 rings (SSSR count). The van der Waals surface area contributed by atoms with Gasteiger partial charge < -0.3 is 59.8 Å². The standard InChI is InChI=1S/C22H32O13/c1-9(24)33-21-20(34-14-7-13(27)16(28)19(31)17(14)29)18(30)15(8-23)35-22(21)32-5-4-10-2-3-11(25)12(26)6-10/h2-3,6,13-23,25-31H,4-5,7-8H2,1H3/t13-,14+,15-,16+,17+,18-,19-,20+,21+,22-/m1/s1. The number of benzene rings is 1. The minimum Gasteiger partial charge on any atom is -0.504 e. The molecule has 1 aromatic carbocycles. The van der Waals surface area contributed by atoms with Gasteiger partial charge in [-0.3, -0.25) is 4.79 Å². The third-order valence-corrected chi connectivity index (χ3v) is 6.09. The van der Waals surface area contributed by atoms with Gasteiger partial charge in [0, 0.05) is 13.3 Å². The summed E-state index contributed by atoms with van der Waals surface area (Å²) in [5.74, 6) is -1.36. The number of aromatic hydroxyl groups is 2. The van der Waals surface area contributed by atoms with Crippen LogP contribution in [0.3, 0.4) is 0 Å². The van der Waals surface area contributed by atoms with Crippen molar-refractivity contribution in [2.75, 3.05) is 13.2 Å². The SMILES string of the molecule is CC(=O)O[C@@H]1[C@H](OCCc2ccc(O)c(O)c2)O[C@H](CO)[C@@H](O)[C@@H]1O[C@H]1C[C@@H](O)[C@H](O)[C@@H](O)[C@H]1O. The number of ether oxygens (including phenoxy) is 4. The fraction of sp³-hybridized carbons (Fsp3) is 0.682. The molecule has 1 aliphatic heterocycles. The minimum absolute atomic E-state index is 0.0245. The Bertz CT molecular complexity index is 851. The largest absolute Gasteiger partial charge is 0.504 e. The molecule has 8 N–H and O–H groups in total. The maximum atomic E-state index is 11.8. The van der Waals surface area contributed by atoms with Crippen molar-refractivity contribution in [3.05, 3.63) is 23.8 Å². The van der Waals surface area contributed by atoms with Crippen molar-refractivity contribution in [3.8, 4) is 11.5 Å². The Morgan fingerprint density at radius 2 is 1.71 bits per heavy atom. The Morgan fingerprint density at radius 3 is 2.34 bits per heavy atom. The maximum absolute atomic E-state index is 11.8. The Balaban J connectivity index is 1.76. The van der Waals surface area contributed by atoms with Crippen molar-refractivity contribution in [1.82, 2.24) is 0 Å². The van der Waals surface area contributed by atoms with Crippen LogP contribution in [0.25, 0.3) is 0 Å². The molecular formula is C22H32O13. The fourth-order valence-electron chi connectivity index (χ4n) is 4.17. The lowest BCUT2D eigenvalue weighted by atomic mass is 9.86. The Morgan fingerprint density at radius 1 is 1.00 bits per heavy atom. The van der Waals surface area contributed by atoms with Crippen LogP contribution in [0.5, 0.6) is 11.5 Å². The summed E-state index contributed by atoms with van der Waals surface area (Å²) in [5, 5.41) is 79.5. The predicted octanol–water partition coefficient (Wildman–Crippen LogP) is -2.73. The highest BCUT2D eigenvalue weighted by Crippen LogP contribution is 2.32. The van der Waals surface area contributed by atoms with Crippen LogP contribution in [-0.4, -0.2) is 121 Å². The summed E-state index contributed by atoms with van der Waals surface area (Å²) >= 11 is 0. The number of phenolic OH excluding ortho intramolecular Hbond substituents is 2. The molecule has 0 spiro atoms. The van der Waals surface area contributed by atoms with Crippen LogP contribution in [0.4, 0.5) is 0 Å². The van der Waals surface area contributed by atoms with E-state index in [1.165, 1.54) is 12.1 Å². The van der Waals surface area contributed by atoms with E-state index in [2.05, 4.69) is 0 Å². The molecule has 35 heavy (non-hydrogen) atoms. The van der Waals surface area contributed by atoms with E-state index in [9.17, 15) is 45.6 Å². The molecule has 1 aromatic rings. The lowest BCUT2D eigenvalue weighted by Gasteiger charge is -2.46. The summed E-state index contributed by atoms with van der Waals surface area (Å²) in [7, 11) is 0. The maximum Gasteiger partial charge on any atom is 0.303 e. The number of carbonyl (C=O) groups is 1. The van der Waals surface area contributed by atoms with Crippen LogP contribution in [0.2, 0.25) is 0 Å². The molecule has 0 unspecified atom stereocenters. The second kappa shape index (κ2) is 11.8. The number of carbonyl (C=O) groups excluding carboxylic acids is 1. The van der Waals surface area contributed by atoms with E-state index in [1.807, 2.05) is 0 Å². The highest BCUT2D eigenvalue weighted by Gasteiger charge is 2.52. The first-order chi connectivity index (χ1) is 16.5. The number of esters is 1. The number of hydrogen-bond acceptors (Lipinski definition) is 13. The monoisotopic (exact) mass is 504 g/mol. The van der Waals surface area contributed by atoms with Crippen molar-refractivity contribution in [3.63, 3.8) is 0 Å². The van der Waals surface area contributed by atoms with Crippen LogP contribution in [0.15, 0.2) is 18.2 Å². The van der Waals surface area contributed by atoms with Gasteiger partial charge in [-0.15, -0.1) is 0 Å². The lowest BCUT2D eigenvalue weighted by Crippen LogP contribution is -2.64. The van der Waals surface area contributed by atoms with E-state index in [0.29, 0.717) is 5.56 Å². The molecule has 198 valence electrons. The highest BCUT2D eigenvalue weighted by molar-refractivity contribution is 5.66. The van der Waals surface area contributed by atoms with Crippen LogP contribution in [0.1, 0.15) is 18.9 Å². The van der Waals surface area contributed by atoms with Crippen molar-refractivity contribution in [2.24, 2.45) is 0 Å². The summed E-state index contributed by atoms with van der Waals surface area (Å²) < 4.78 is 22.3. The van der Waals surface area contributed by atoms with Crippen LogP contribution >= 0.6 is 0 Å². The van der Waals surface area contributed by atoms with Gasteiger partial charge in [-0.25, -0.2) is 0 Å². The molecule has 0 amide bonds. The zero-order valence-corrected chi connectivity index (χ0v) is 19.0. The first-order valence-corrected chi connectivity index (χ1v) is 11.1. The molecule has 1 aliphatic carbocycles. The second-order valence-corrected chi connectivity index (χ2v) is 8.65. The number of phenols is 2. The number of aliphatic hydroxyl groups is 6. The van der Waals surface area contributed by atoms with Crippen molar-refractivity contribution in [2.45, 2.75) is 81.0 Å². The lowest BCUT2D eigenvalue weighted by molar-refractivity contribution is -0.323. The first-order valence-electron chi connectivity index (χ1n) is 11.1. The van der Waals surface area contributed by atoms with E-state index >= 15 is 0 Å². The van der Waals surface area contributed by atoms with E-state index < -0.39 is 73.8 Å². The number of rotatable bonds is 8. The van der Waals surface area contributed by atoms with Gasteiger partial charge in [0.05, 0.1) is 25.4 Å². The van der Waals surface area contributed by atoms with Crippen molar-refractivity contribution in [1.29, 1.82) is 0 Å². The molecule has 0 radical (unpaired) electrons. The molecule has 1 heterocycles. The topological polar surface area (TPSA) is 216 Å². The zero-order valence-electron chi connectivity index (χ0n) is 19.0. The quantitative estimate of drug-likeness (QED) is 0.133. The highest BCUT2D eigenvalue weighted by atomic mass is 16.7. The van der Waals surface area contributed by atoms with Gasteiger partial charge in [0.15, 0.2) is 23.9 Å². The fourth-order valence-corrected chi connectivity index (χ4v) is 4.17. The molecule has 2 fully saturated rings. The molecule has 1 saturated heterocycles. The molecule has 13 nitrogen and oxygen atoms in total. The van der Waals surface area contributed by atoms with E-state index in [4.69, 9.17) is 18.9 Å². The molecule has 0 aromatic heterocycles. The van der Waals surface area contributed by atoms with Gasteiger partial charge >= 0.3 is 5.97 Å². The van der Waals surface area contributed by atoms with Crippen molar-refractivity contribution < 1.29 is 64.6 Å². The van der Waals surface area contributed by atoms with Gasteiger partial charge in [0.1, 0.15) is 36.6 Å². The van der Waals surface area contributed by atoms with E-state index in [-0.39, 0.29) is 30.9 Å². The molecule has 10 atom stereocenters. The number of hydrogen-bond donors (Lipinski definition) is 8. The summed E-state index contributed by atoms with van der Waals surface area (Å²) in [6.07, 6.45) is -14.6. The van der Waals surface area contributed by atoms with Gasteiger partial charge in [-0.05, 0) is 24.1 Å². The molecule has 2 aliphatic rings. The first kappa shape index (κ1) is 27.5. The third kappa shape index (κ3) is 6.39. The predicted molar refractivity (Wildman–Crippen MR) is 114 cm³/mol. The van der Waals surface area contributed by atoms with Gasteiger partial charge in [0.25, 0.3) is 0 Å². The average molecular weight is 504 g/mol. The van der Waals surface area contributed by atoms with Gasteiger partial charge in [-0.1, -0.05) is 6.07 Å². The Kier molecular flexibility index (Phi) is 9.26. The van der Waals surface area contributed by atoms with Crippen molar-refractivity contribution >= 4 is 5.97 Å².